The lowest BCUT2D eigenvalue weighted by molar-refractivity contribution is -0.147. The van der Waals surface area contributed by atoms with E-state index in [-0.39, 0.29) is 12.1 Å². The van der Waals surface area contributed by atoms with Gasteiger partial charge in [0, 0.05) is 21.4 Å². The zero-order chi connectivity index (χ0) is 24.5. The molecular formula is C29H37ClO3S. The monoisotopic (exact) mass is 500 g/mol. The van der Waals surface area contributed by atoms with Crippen molar-refractivity contribution >= 4 is 39.0 Å². The Balaban J connectivity index is 1.43. The molecule has 1 saturated carbocycles. The number of hydrogen-bond acceptors (Lipinski definition) is 4. The van der Waals surface area contributed by atoms with E-state index in [0.717, 1.165) is 53.8 Å². The highest BCUT2D eigenvalue weighted by Crippen LogP contribution is 2.39. The quantitative estimate of drug-likeness (QED) is 0.182. The fourth-order valence-corrected chi connectivity index (χ4v) is 6.07. The van der Waals surface area contributed by atoms with E-state index in [9.17, 15) is 9.90 Å². The molecule has 1 aliphatic rings. The third-order valence-corrected chi connectivity index (χ3v) is 8.14. The van der Waals surface area contributed by atoms with Crippen molar-refractivity contribution in [1.82, 2.24) is 0 Å². The summed E-state index contributed by atoms with van der Waals surface area (Å²) in [6, 6.07) is 8.18. The van der Waals surface area contributed by atoms with Gasteiger partial charge in [0.1, 0.15) is 0 Å². The van der Waals surface area contributed by atoms with Crippen LogP contribution < -0.4 is 0 Å². The second kappa shape index (κ2) is 13.3. The summed E-state index contributed by atoms with van der Waals surface area (Å²) in [4.78, 5) is 12.7. The topological polar surface area (TPSA) is 46.5 Å². The van der Waals surface area contributed by atoms with E-state index >= 15 is 0 Å². The van der Waals surface area contributed by atoms with Gasteiger partial charge in [0.2, 0.25) is 0 Å². The molecule has 184 valence electrons. The van der Waals surface area contributed by atoms with Gasteiger partial charge in [-0.2, -0.15) is 0 Å². The van der Waals surface area contributed by atoms with Crippen molar-refractivity contribution in [2.45, 2.75) is 77.4 Å². The van der Waals surface area contributed by atoms with E-state index in [2.05, 4.69) is 36.9 Å². The molecule has 0 radical (unpaired) electrons. The number of allylic oxidation sites excluding steroid dienone is 4. The van der Waals surface area contributed by atoms with Crippen molar-refractivity contribution in [3.63, 3.8) is 0 Å². The molecule has 3 atom stereocenters. The first kappa shape index (κ1) is 26.7. The number of aliphatic hydroxyl groups excluding tert-OH is 1. The Kier molecular flexibility index (Phi) is 10.4. The van der Waals surface area contributed by atoms with E-state index in [4.69, 9.17) is 16.3 Å². The molecule has 0 bridgehead atoms. The molecule has 1 N–H and O–H groups in total. The minimum absolute atomic E-state index is 0.0476. The fraction of sp³-hybridized carbons (Fsp3) is 0.483. The summed E-state index contributed by atoms with van der Waals surface area (Å²) < 4.78 is 6.36. The average molecular weight is 501 g/mol. The predicted octanol–water partition coefficient (Wildman–Crippen LogP) is 8.06. The predicted molar refractivity (Wildman–Crippen MR) is 144 cm³/mol. The Morgan fingerprint density at radius 1 is 1.32 bits per heavy atom. The van der Waals surface area contributed by atoms with E-state index < -0.39 is 6.10 Å². The van der Waals surface area contributed by atoms with Crippen LogP contribution in [0, 0.1) is 11.8 Å². The maximum absolute atomic E-state index is 11.6. The van der Waals surface area contributed by atoms with Crippen LogP contribution in [0.5, 0.6) is 0 Å². The van der Waals surface area contributed by atoms with E-state index in [0.29, 0.717) is 24.7 Å². The highest BCUT2D eigenvalue weighted by Gasteiger charge is 2.27. The van der Waals surface area contributed by atoms with Crippen LogP contribution in [0.3, 0.4) is 0 Å². The van der Waals surface area contributed by atoms with Gasteiger partial charge in [-0.1, -0.05) is 66.3 Å². The highest BCUT2D eigenvalue weighted by atomic mass is 35.5. The first-order chi connectivity index (χ1) is 16.3. The number of unbranched alkanes of at least 4 members (excludes halogenated alkanes) is 1. The molecule has 2 aromatic rings. The minimum atomic E-state index is -0.475. The molecule has 1 aromatic carbocycles. The van der Waals surface area contributed by atoms with Gasteiger partial charge in [-0.15, -0.1) is 11.3 Å². The Morgan fingerprint density at radius 2 is 2.12 bits per heavy atom. The van der Waals surface area contributed by atoms with Crippen molar-refractivity contribution in [2.24, 2.45) is 11.8 Å². The number of fused-ring (bicyclic) bond motifs is 1. The smallest absolute Gasteiger partial charge is 0.306 e. The number of halogens is 1. The van der Waals surface area contributed by atoms with Gasteiger partial charge >= 0.3 is 5.97 Å². The Morgan fingerprint density at radius 3 is 2.88 bits per heavy atom. The van der Waals surface area contributed by atoms with Crippen molar-refractivity contribution in [3.8, 4) is 0 Å². The molecule has 34 heavy (non-hydrogen) atoms. The summed E-state index contributed by atoms with van der Waals surface area (Å²) in [7, 11) is 0. The van der Waals surface area contributed by atoms with Crippen molar-refractivity contribution in [2.75, 3.05) is 0 Å². The summed E-state index contributed by atoms with van der Waals surface area (Å²) >= 11 is 8.26. The van der Waals surface area contributed by atoms with Crippen LogP contribution in [0.15, 0.2) is 60.7 Å². The molecule has 1 aliphatic carbocycles. The van der Waals surface area contributed by atoms with Crippen LogP contribution in [-0.4, -0.2) is 23.3 Å². The maximum Gasteiger partial charge on any atom is 0.306 e. The minimum Gasteiger partial charge on any atom is -0.463 e. The van der Waals surface area contributed by atoms with Crippen molar-refractivity contribution in [3.05, 3.63) is 70.6 Å². The largest absolute Gasteiger partial charge is 0.463 e. The Labute approximate surface area is 213 Å². The van der Waals surface area contributed by atoms with Crippen LogP contribution in [-0.2, 0) is 16.0 Å². The molecule has 0 aliphatic heterocycles. The summed E-state index contributed by atoms with van der Waals surface area (Å²) in [6.45, 7) is 8.02. The number of ether oxygens (including phenoxy) is 1. The van der Waals surface area contributed by atoms with E-state index in [1.54, 1.807) is 11.3 Å². The van der Waals surface area contributed by atoms with Crippen LogP contribution in [0.25, 0.3) is 10.1 Å². The molecule has 1 heterocycles. The summed E-state index contributed by atoms with van der Waals surface area (Å²) in [6.07, 6.45) is 14.7. The zero-order valence-corrected chi connectivity index (χ0v) is 21.9. The van der Waals surface area contributed by atoms with Gasteiger partial charge in [-0.25, -0.2) is 0 Å². The van der Waals surface area contributed by atoms with Gasteiger partial charge in [-0.05, 0) is 76.7 Å². The van der Waals surface area contributed by atoms with Crippen LogP contribution >= 0.6 is 22.9 Å². The Bertz CT molecular complexity index is 1020. The Hall–Kier alpha value is -1.88. The van der Waals surface area contributed by atoms with Crippen molar-refractivity contribution < 1.29 is 14.6 Å². The molecule has 0 spiro atoms. The number of aryl methyl sites for hydroxylation is 1. The zero-order valence-electron chi connectivity index (χ0n) is 20.3. The number of carbonyl (C=O) groups is 1. The van der Waals surface area contributed by atoms with E-state index in [1.165, 1.54) is 10.3 Å². The molecule has 1 aromatic heterocycles. The number of carbonyl (C=O) groups excluding carboxylic acids is 1. The van der Waals surface area contributed by atoms with Crippen LogP contribution in [0.4, 0.5) is 0 Å². The van der Waals surface area contributed by atoms with Gasteiger partial charge in [-0.3, -0.25) is 4.79 Å². The number of esters is 1. The summed E-state index contributed by atoms with van der Waals surface area (Å²) in [5, 5.41) is 12.5. The van der Waals surface area contributed by atoms with E-state index in [1.807, 2.05) is 32.1 Å². The SMILES string of the molecule is C=C1CC[C@H](/C=C/C(O)CCc2sc3ccccc3c2Cl)[C@H]1C/C=C\CCCC(=O)OC(C)C. The normalized spacial score (nSPS) is 19.7. The second-order valence-electron chi connectivity index (χ2n) is 9.43. The van der Waals surface area contributed by atoms with Crippen LogP contribution in [0.2, 0.25) is 5.02 Å². The number of aliphatic hydroxyl groups is 1. The van der Waals surface area contributed by atoms with Crippen LogP contribution in [0.1, 0.15) is 63.7 Å². The lowest BCUT2D eigenvalue weighted by Gasteiger charge is -2.16. The lowest BCUT2D eigenvalue weighted by Crippen LogP contribution is -2.10. The van der Waals surface area contributed by atoms with Gasteiger partial charge in [0.05, 0.1) is 17.2 Å². The number of thiophene rings is 1. The molecule has 0 saturated heterocycles. The highest BCUT2D eigenvalue weighted by molar-refractivity contribution is 7.19. The summed E-state index contributed by atoms with van der Waals surface area (Å²) in [5.41, 5.74) is 1.30. The van der Waals surface area contributed by atoms with Gasteiger partial charge < -0.3 is 9.84 Å². The fourth-order valence-electron chi connectivity index (χ4n) is 4.53. The maximum atomic E-state index is 11.6. The number of benzene rings is 1. The second-order valence-corrected chi connectivity index (χ2v) is 10.9. The van der Waals surface area contributed by atoms with Crippen molar-refractivity contribution in [1.29, 1.82) is 0 Å². The molecule has 1 unspecified atom stereocenters. The molecule has 3 rings (SSSR count). The first-order valence-electron chi connectivity index (χ1n) is 12.4. The first-order valence-corrected chi connectivity index (χ1v) is 13.6. The molecule has 1 fully saturated rings. The molecule has 0 amide bonds. The lowest BCUT2D eigenvalue weighted by atomic mass is 9.89. The third kappa shape index (κ3) is 7.83. The van der Waals surface area contributed by atoms with Gasteiger partial charge in [0.15, 0.2) is 0 Å². The molecule has 5 heteroatoms. The average Bonchev–Trinajstić information content (AvgIpc) is 3.32. The number of hydrogen-bond donors (Lipinski definition) is 1. The van der Waals surface area contributed by atoms with Gasteiger partial charge in [0.25, 0.3) is 0 Å². The third-order valence-electron chi connectivity index (χ3n) is 6.36. The molecule has 3 nitrogen and oxygen atoms in total. The standard InChI is InChI=1S/C29H37ClO3S/c1-20(2)33-28(32)13-7-5-4-6-10-24-21(3)14-15-22(24)16-17-23(31)18-19-27-29(30)25-11-8-9-12-26(25)34-27/h4,6,8-9,11-12,16-17,20,22-24,31H,3,5,7,10,13-15,18-19H2,1-2H3/b6-4-,17-16+/t22-,23?,24+/m1/s1. The number of rotatable bonds is 12. The summed E-state index contributed by atoms with van der Waals surface area (Å²) in [5.74, 6) is 0.717. The molecular weight excluding hydrogens is 464 g/mol.